The molecule has 1 saturated carbocycles. The van der Waals surface area contributed by atoms with E-state index in [9.17, 15) is 4.79 Å². The Morgan fingerprint density at radius 2 is 2.04 bits per heavy atom. The number of carbonyl (C=O) groups is 1. The van der Waals surface area contributed by atoms with E-state index in [-0.39, 0.29) is 5.91 Å². The maximum absolute atomic E-state index is 11.8. The van der Waals surface area contributed by atoms with Crippen LogP contribution in [0.4, 0.5) is 0 Å². The minimum absolute atomic E-state index is 0.213. The van der Waals surface area contributed by atoms with E-state index >= 15 is 0 Å². The second-order valence-electron chi connectivity index (χ2n) is 8.99. The zero-order valence-corrected chi connectivity index (χ0v) is 16.8. The largest absolute Gasteiger partial charge is 0.381 e. The van der Waals surface area contributed by atoms with Crippen LogP contribution in [-0.2, 0) is 16.1 Å². The van der Waals surface area contributed by atoms with Crippen LogP contribution in [0.2, 0.25) is 0 Å². The van der Waals surface area contributed by atoms with E-state index in [0.29, 0.717) is 11.3 Å². The normalized spacial score (nSPS) is 25.3. The highest BCUT2D eigenvalue weighted by Crippen LogP contribution is 2.45. The minimum Gasteiger partial charge on any atom is -0.381 e. The monoisotopic (exact) mass is 371 g/mol. The second-order valence-corrected chi connectivity index (χ2v) is 8.99. The van der Waals surface area contributed by atoms with Gasteiger partial charge in [0.05, 0.1) is 12.3 Å². The molecule has 0 radical (unpaired) electrons. The summed E-state index contributed by atoms with van der Waals surface area (Å²) in [5.41, 5.74) is 2.53. The van der Waals surface area contributed by atoms with Crippen LogP contribution in [0.5, 0.6) is 0 Å². The Morgan fingerprint density at radius 1 is 1.26 bits per heavy atom. The fourth-order valence-corrected chi connectivity index (χ4v) is 4.91. The number of carbonyl (C=O) groups excluding carboxylic acids is 1. The van der Waals surface area contributed by atoms with Crippen molar-refractivity contribution in [3.63, 3.8) is 0 Å². The Morgan fingerprint density at radius 3 is 2.70 bits per heavy atom. The summed E-state index contributed by atoms with van der Waals surface area (Å²) in [6, 6.07) is 6.29. The summed E-state index contributed by atoms with van der Waals surface area (Å²) in [7, 11) is 0. The quantitative estimate of drug-likeness (QED) is 0.771. The Labute approximate surface area is 163 Å². The van der Waals surface area contributed by atoms with Gasteiger partial charge in [0.15, 0.2) is 0 Å². The molecule has 4 rings (SSSR count). The second kappa shape index (κ2) is 7.88. The molecule has 3 heterocycles. The van der Waals surface area contributed by atoms with Crippen molar-refractivity contribution in [2.24, 2.45) is 17.3 Å². The van der Waals surface area contributed by atoms with Gasteiger partial charge in [0, 0.05) is 57.9 Å². The Kier molecular flexibility index (Phi) is 5.51. The molecule has 1 aromatic rings. The average Bonchev–Trinajstić information content (AvgIpc) is 3.40. The van der Waals surface area contributed by atoms with Crippen molar-refractivity contribution in [3.8, 4) is 0 Å². The van der Waals surface area contributed by atoms with Gasteiger partial charge >= 0.3 is 0 Å². The first-order valence-electron chi connectivity index (χ1n) is 10.5. The number of nitrogens with zero attached hydrogens (tertiary/aromatic N) is 3. The fourth-order valence-electron chi connectivity index (χ4n) is 4.91. The summed E-state index contributed by atoms with van der Waals surface area (Å²) in [5.74, 6) is 1.59. The van der Waals surface area contributed by atoms with Crippen LogP contribution in [0, 0.1) is 24.2 Å². The average molecular weight is 372 g/mol. The van der Waals surface area contributed by atoms with Crippen molar-refractivity contribution in [3.05, 3.63) is 29.6 Å². The molecule has 2 saturated heterocycles. The topological polar surface area (TPSA) is 45.7 Å². The number of hydrogen-bond donors (Lipinski definition) is 0. The van der Waals surface area contributed by atoms with Crippen LogP contribution in [0.15, 0.2) is 18.2 Å². The molecule has 2 aliphatic heterocycles. The van der Waals surface area contributed by atoms with Gasteiger partial charge in [-0.3, -0.25) is 14.7 Å². The highest BCUT2D eigenvalue weighted by molar-refractivity contribution is 5.73. The summed E-state index contributed by atoms with van der Waals surface area (Å²) in [6.07, 6.45) is 4.88. The molecule has 1 amide bonds. The molecule has 1 aromatic heterocycles. The molecule has 27 heavy (non-hydrogen) atoms. The predicted octanol–water partition coefficient (Wildman–Crippen LogP) is 2.88. The van der Waals surface area contributed by atoms with E-state index in [1.54, 1.807) is 6.92 Å². The van der Waals surface area contributed by atoms with Crippen molar-refractivity contribution in [1.29, 1.82) is 0 Å². The zero-order chi connectivity index (χ0) is 18.9. The number of aromatic nitrogens is 1. The van der Waals surface area contributed by atoms with Crippen LogP contribution in [-0.4, -0.2) is 60.1 Å². The number of hydrogen-bond acceptors (Lipinski definition) is 4. The van der Waals surface area contributed by atoms with Crippen molar-refractivity contribution in [2.75, 3.05) is 39.4 Å². The van der Waals surface area contributed by atoms with Crippen molar-refractivity contribution >= 4 is 5.91 Å². The van der Waals surface area contributed by atoms with E-state index in [1.165, 1.54) is 12.8 Å². The predicted molar refractivity (Wildman–Crippen MR) is 105 cm³/mol. The summed E-state index contributed by atoms with van der Waals surface area (Å²) in [6.45, 7) is 10.4. The smallest absolute Gasteiger partial charge is 0.219 e. The number of piperidine rings is 1. The SMILES string of the molecule is CC(=O)N1CCC2(CC1)CN(Cc1cccc(C)n1)C[C@@H]2COCC1CC1. The molecular formula is C22H33N3O2. The lowest BCUT2D eigenvalue weighted by atomic mass is 9.71. The first-order valence-corrected chi connectivity index (χ1v) is 10.5. The van der Waals surface area contributed by atoms with E-state index in [1.807, 2.05) is 4.90 Å². The Bertz CT molecular complexity index is 665. The number of pyridine rings is 1. The standard InChI is InChI=1S/C22H33N3O2/c1-17-4-3-5-21(23-17)13-24-12-20(15-27-14-19-6-7-19)22(16-24)8-10-25(11-9-22)18(2)26/h3-5,19-20H,6-16H2,1-2H3/t20-/m1/s1. The number of amides is 1. The van der Waals surface area contributed by atoms with Crippen LogP contribution in [0.3, 0.4) is 0 Å². The Hall–Kier alpha value is -1.46. The number of rotatable bonds is 6. The van der Waals surface area contributed by atoms with E-state index in [2.05, 4.69) is 30.0 Å². The summed E-state index contributed by atoms with van der Waals surface area (Å²) >= 11 is 0. The van der Waals surface area contributed by atoms with Gasteiger partial charge in [-0.25, -0.2) is 0 Å². The molecule has 5 heteroatoms. The van der Waals surface area contributed by atoms with Crippen molar-refractivity contribution < 1.29 is 9.53 Å². The molecule has 0 N–H and O–H groups in total. The van der Waals surface area contributed by atoms with Gasteiger partial charge in [-0.1, -0.05) is 6.07 Å². The molecule has 0 aromatic carbocycles. The first-order chi connectivity index (χ1) is 13.0. The fraction of sp³-hybridized carbons (Fsp3) is 0.727. The van der Waals surface area contributed by atoms with Crippen LogP contribution in [0.1, 0.15) is 44.0 Å². The molecule has 1 atom stereocenters. The zero-order valence-electron chi connectivity index (χ0n) is 16.8. The van der Waals surface area contributed by atoms with Gasteiger partial charge < -0.3 is 9.64 Å². The van der Waals surface area contributed by atoms with Crippen molar-refractivity contribution in [2.45, 2.75) is 46.1 Å². The number of ether oxygens (including phenoxy) is 1. The van der Waals surface area contributed by atoms with Crippen LogP contribution < -0.4 is 0 Å². The lowest BCUT2D eigenvalue weighted by Crippen LogP contribution is -2.46. The highest BCUT2D eigenvalue weighted by atomic mass is 16.5. The highest BCUT2D eigenvalue weighted by Gasteiger charge is 2.48. The van der Waals surface area contributed by atoms with E-state index in [4.69, 9.17) is 9.72 Å². The third-order valence-electron chi connectivity index (χ3n) is 6.79. The van der Waals surface area contributed by atoms with Gasteiger partial charge in [-0.05, 0) is 56.1 Å². The molecule has 148 valence electrons. The summed E-state index contributed by atoms with van der Waals surface area (Å²) in [4.78, 5) is 21.0. The van der Waals surface area contributed by atoms with Gasteiger partial charge in [-0.15, -0.1) is 0 Å². The molecule has 3 aliphatic rings. The number of aryl methyl sites for hydroxylation is 1. The lowest BCUT2D eigenvalue weighted by molar-refractivity contribution is -0.131. The van der Waals surface area contributed by atoms with Crippen molar-refractivity contribution in [1.82, 2.24) is 14.8 Å². The molecule has 0 unspecified atom stereocenters. The summed E-state index contributed by atoms with van der Waals surface area (Å²) in [5, 5.41) is 0. The summed E-state index contributed by atoms with van der Waals surface area (Å²) < 4.78 is 6.14. The molecule has 5 nitrogen and oxygen atoms in total. The third-order valence-corrected chi connectivity index (χ3v) is 6.79. The Balaban J connectivity index is 1.42. The van der Waals surface area contributed by atoms with Crippen LogP contribution >= 0.6 is 0 Å². The van der Waals surface area contributed by atoms with Gasteiger partial charge in [-0.2, -0.15) is 0 Å². The van der Waals surface area contributed by atoms with Gasteiger partial charge in [0.1, 0.15) is 0 Å². The van der Waals surface area contributed by atoms with Crippen LogP contribution in [0.25, 0.3) is 0 Å². The minimum atomic E-state index is 0.213. The molecule has 3 fully saturated rings. The number of likely N-dealkylation sites (tertiary alicyclic amines) is 2. The van der Waals surface area contributed by atoms with Gasteiger partial charge in [0.2, 0.25) is 5.91 Å². The maximum atomic E-state index is 11.8. The third kappa shape index (κ3) is 4.52. The molecule has 1 spiro atoms. The molecular weight excluding hydrogens is 338 g/mol. The lowest BCUT2D eigenvalue weighted by Gasteiger charge is -2.42. The first kappa shape index (κ1) is 18.9. The molecule has 0 bridgehead atoms. The molecule has 1 aliphatic carbocycles. The van der Waals surface area contributed by atoms with Gasteiger partial charge in [0.25, 0.3) is 0 Å². The maximum Gasteiger partial charge on any atom is 0.219 e. The van der Waals surface area contributed by atoms with E-state index in [0.717, 1.165) is 76.1 Å². The van der Waals surface area contributed by atoms with E-state index < -0.39 is 0 Å².